The molecule has 1 fully saturated rings. The fraction of sp³-hybridized carbons (Fsp3) is 0.263. The van der Waals surface area contributed by atoms with Crippen LogP contribution in [-0.2, 0) is 6.54 Å². The molecule has 118 valence electrons. The number of nitrogens with zero attached hydrogens (tertiary/aromatic N) is 1. The van der Waals surface area contributed by atoms with Gasteiger partial charge in [-0.25, -0.2) is 0 Å². The van der Waals surface area contributed by atoms with Crippen LogP contribution in [0.15, 0.2) is 48.5 Å². The van der Waals surface area contributed by atoms with Gasteiger partial charge in [-0.2, -0.15) is 0 Å². The van der Waals surface area contributed by atoms with Crippen molar-refractivity contribution in [2.75, 3.05) is 0 Å². The largest absolute Gasteiger partial charge is 0.366 e. The van der Waals surface area contributed by atoms with E-state index in [1.54, 1.807) is 24.3 Å². The summed E-state index contributed by atoms with van der Waals surface area (Å²) in [5.41, 5.74) is 8.58. The number of carbonyl (C=O) groups excluding carboxylic acids is 2. The summed E-state index contributed by atoms with van der Waals surface area (Å²) in [6, 6.07) is 15.1. The molecule has 1 aliphatic rings. The minimum Gasteiger partial charge on any atom is -0.366 e. The monoisotopic (exact) mass is 308 g/mol. The SMILES string of the molecule is Cc1cccc(CN(C(=O)c2ccc(C(N)=O)cc2)C2CC2)c1. The average molecular weight is 308 g/mol. The first-order valence-corrected chi connectivity index (χ1v) is 7.81. The van der Waals surface area contributed by atoms with Crippen LogP contribution in [0.25, 0.3) is 0 Å². The highest BCUT2D eigenvalue weighted by molar-refractivity contribution is 5.97. The van der Waals surface area contributed by atoms with Crippen LogP contribution in [0.3, 0.4) is 0 Å². The van der Waals surface area contributed by atoms with Gasteiger partial charge in [0.1, 0.15) is 0 Å². The van der Waals surface area contributed by atoms with Crippen molar-refractivity contribution in [3.05, 3.63) is 70.8 Å². The van der Waals surface area contributed by atoms with Crippen LogP contribution in [0.5, 0.6) is 0 Å². The molecule has 23 heavy (non-hydrogen) atoms. The highest BCUT2D eigenvalue weighted by atomic mass is 16.2. The topological polar surface area (TPSA) is 63.4 Å². The van der Waals surface area contributed by atoms with E-state index in [1.807, 2.05) is 17.0 Å². The van der Waals surface area contributed by atoms with Crippen molar-refractivity contribution in [1.29, 1.82) is 0 Å². The predicted octanol–water partition coefficient (Wildman–Crippen LogP) is 2.90. The molecule has 4 heteroatoms. The van der Waals surface area contributed by atoms with Gasteiger partial charge in [0.05, 0.1) is 0 Å². The first kappa shape index (κ1) is 15.3. The van der Waals surface area contributed by atoms with E-state index in [9.17, 15) is 9.59 Å². The molecule has 0 aromatic heterocycles. The Kier molecular flexibility index (Phi) is 4.15. The van der Waals surface area contributed by atoms with Crippen molar-refractivity contribution >= 4 is 11.8 Å². The number of benzene rings is 2. The van der Waals surface area contributed by atoms with Crippen molar-refractivity contribution in [3.63, 3.8) is 0 Å². The summed E-state index contributed by atoms with van der Waals surface area (Å²) < 4.78 is 0. The molecule has 0 bridgehead atoms. The quantitative estimate of drug-likeness (QED) is 0.923. The Morgan fingerprint density at radius 2 is 1.74 bits per heavy atom. The Morgan fingerprint density at radius 3 is 2.30 bits per heavy atom. The molecule has 0 spiro atoms. The number of carbonyl (C=O) groups is 2. The normalized spacial score (nSPS) is 13.6. The number of hydrogen-bond donors (Lipinski definition) is 1. The second-order valence-electron chi connectivity index (χ2n) is 6.09. The van der Waals surface area contributed by atoms with Crippen LogP contribution in [-0.4, -0.2) is 22.8 Å². The highest BCUT2D eigenvalue weighted by Crippen LogP contribution is 2.30. The molecular formula is C19H20N2O2. The molecule has 0 heterocycles. The third-order valence-corrected chi connectivity index (χ3v) is 4.10. The molecule has 0 aliphatic heterocycles. The third-order valence-electron chi connectivity index (χ3n) is 4.10. The Morgan fingerprint density at radius 1 is 1.09 bits per heavy atom. The van der Waals surface area contributed by atoms with Crippen LogP contribution in [0.4, 0.5) is 0 Å². The summed E-state index contributed by atoms with van der Waals surface area (Å²) in [5.74, 6) is -0.479. The van der Waals surface area contributed by atoms with Crippen molar-refractivity contribution < 1.29 is 9.59 Å². The molecule has 2 N–H and O–H groups in total. The van der Waals surface area contributed by atoms with Gasteiger partial charge >= 0.3 is 0 Å². The lowest BCUT2D eigenvalue weighted by molar-refractivity contribution is 0.0729. The second-order valence-corrected chi connectivity index (χ2v) is 6.09. The maximum atomic E-state index is 12.8. The Hall–Kier alpha value is -2.62. The van der Waals surface area contributed by atoms with Crippen molar-refractivity contribution in [1.82, 2.24) is 4.90 Å². The molecule has 2 aromatic carbocycles. The van der Waals surface area contributed by atoms with E-state index in [0.29, 0.717) is 23.7 Å². The smallest absolute Gasteiger partial charge is 0.254 e. The predicted molar refractivity (Wildman–Crippen MR) is 89.0 cm³/mol. The number of nitrogens with two attached hydrogens (primary N) is 1. The number of aryl methyl sites for hydroxylation is 1. The van der Waals surface area contributed by atoms with Gasteiger partial charge in [-0.3, -0.25) is 9.59 Å². The summed E-state index contributed by atoms with van der Waals surface area (Å²) in [6.07, 6.45) is 2.11. The molecule has 4 nitrogen and oxygen atoms in total. The molecule has 1 aliphatic carbocycles. The van der Waals surface area contributed by atoms with Gasteiger partial charge in [-0.15, -0.1) is 0 Å². The van der Waals surface area contributed by atoms with Crippen LogP contribution in [0.2, 0.25) is 0 Å². The second kappa shape index (κ2) is 6.24. The molecule has 0 unspecified atom stereocenters. The molecule has 1 saturated carbocycles. The van der Waals surface area contributed by atoms with Crippen molar-refractivity contribution in [2.45, 2.75) is 32.4 Å². The Labute approximate surface area is 135 Å². The van der Waals surface area contributed by atoms with Gasteiger partial charge in [-0.05, 0) is 49.6 Å². The third kappa shape index (κ3) is 3.59. The molecule has 2 aromatic rings. The van der Waals surface area contributed by atoms with Crippen LogP contribution >= 0.6 is 0 Å². The van der Waals surface area contributed by atoms with Crippen LogP contribution in [0.1, 0.15) is 44.7 Å². The van der Waals surface area contributed by atoms with Crippen molar-refractivity contribution in [3.8, 4) is 0 Å². The minimum atomic E-state index is -0.484. The lowest BCUT2D eigenvalue weighted by Gasteiger charge is -2.23. The van der Waals surface area contributed by atoms with Crippen LogP contribution < -0.4 is 5.73 Å². The van der Waals surface area contributed by atoms with E-state index in [-0.39, 0.29) is 5.91 Å². The zero-order valence-electron chi connectivity index (χ0n) is 13.2. The Balaban J connectivity index is 1.80. The summed E-state index contributed by atoms with van der Waals surface area (Å²) in [7, 11) is 0. The summed E-state index contributed by atoms with van der Waals surface area (Å²) in [4.78, 5) is 25.9. The number of rotatable bonds is 5. The first-order valence-electron chi connectivity index (χ1n) is 7.81. The summed E-state index contributed by atoms with van der Waals surface area (Å²) in [6.45, 7) is 2.66. The molecule has 2 amide bonds. The molecule has 3 rings (SSSR count). The number of hydrogen-bond acceptors (Lipinski definition) is 2. The van der Waals surface area contributed by atoms with Gasteiger partial charge in [0.25, 0.3) is 5.91 Å². The van der Waals surface area contributed by atoms with Gasteiger partial charge in [0.2, 0.25) is 5.91 Å². The van der Waals surface area contributed by atoms with Gasteiger partial charge in [-0.1, -0.05) is 29.8 Å². The molecule has 0 saturated heterocycles. The number of primary amides is 1. The standard InChI is InChI=1S/C19H20N2O2/c1-13-3-2-4-14(11-13)12-21(17-9-10-17)19(23)16-7-5-15(6-8-16)18(20)22/h2-8,11,17H,9-10,12H2,1H3,(H2,20,22). The highest BCUT2D eigenvalue weighted by Gasteiger charge is 2.33. The molecule has 0 atom stereocenters. The molecular weight excluding hydrogens is 288 g/mol. The Bertz CT molecular complexity index is 733. The van der Waals surface area contributed by atoms with Crippen LogP contribution in [0, 0.1) is 6.92 Å². The van der Waals surface area contributed by atoms with Gasteiger partial charge < -0.3 is 10.6 Å². The first-order chi connectivity index (χ1) is 11.0. The summed E-state index contributed by atoms with van der Waals surface area (Å²) in [5, 5.41) is 0. The fourth-order valence-electron chi connectivity index (χ4n) is 2.70. The minimum absolute atomic E-state index is 0.00465. The lowest BCUT2D eigenvalue weighted by atomic mass is 10.1. The molecule has 0 radical (unpaired) electrons. The maximum Gasteiger partial charge on any atom is 0.254 e. The van der Waals surface area contributed by atoms with E-state index in [0.717, 1.165) is 18.4 Å². The maximum absolute atomic E-state index is 12.8. The zero-order chi connectivity index (χ0) is 16.4. The number of amides is 2. The fourth-order valence-corrected chi connectivity index (χ4v) is 2.70. The summed E-state index contributed by atoms with van der Waals surface area (Å²) >= 11 is 0. The average Bonchev–Trinajstić information content (AvgIpc) is 3.37. The van der Waals surface area contributed by atoms with E-state index in [2.05, 4.69) is 19.1 Å². The van der Waals surface area contributed by atoms with Crippen molar-refractivity contribution in [2.24, 2.45) is 5.73 Å². The van der Waals surface area contributed by atoms with E-state index < -0.39 is 5.91 Å². The van der Waals surface area contributed by atoms with E-state index in [4.69, 9.17) is 5.73 Å². The van der Waals surface area contributed by atoms with E-state index in [1.165, 1.54) is 5.56 Å². The van der Waals surface area contributed by atoms with Gasteiger partial charge in [0, 0.05) is 23.7 Å². The zero-order valence-corrected chi connectivity index (χ0v) is 13.2. The lowest BCUT2D eigenvalue weighted by Crippen LogP contribution is -2.32. The van der Waals surface area contributed by atoms with Gasteiger partial charge in [0.15, 0.2) is 0 Å². The van der Waals surface area contributed by atoms with E-state index >= 15 is 0 Å².